The van der Waals surface area contributed by atoms with E-state index in [1.165, 1.54) is 5.57 Å². The Morgan fingerprint density at radius 1 is 1.14 bits per heavy atom. The molecular formula is C18H24O3. The Balaban J connectivity index is 2.67. The van der Waals surface area contributed by atoms with Crippen LogP contribution in [-0.2, 0) is 11.2 Å². The molecule has 0 N–H and O–H groups in total. The van der Waals surface area contributed by atoms with Gasteiger partial charge >= 0.3 is 0 Å². The van der Waals surface area contributed by atoms with Crippen molar-refractivity contribution in [3.8, 4) is 11.5 Å². The molecule has 114 valence electrons. The Morgan fingerprint density at radius 3 is 2.52 bits per heavy atom. The summed E-state index contributed by atoms with van der Waals surface area (Å²) >= 11 is 0. The van der Waals surface area contributed by atoms with E-state index in [1.54, 1.807) is 14.2 Å². The van der Waals surface area contributed by atoms with Gasteiger partial charge < -0.3 is 9.47 Å². The zero-order valence-corrected chi connectivity index (χ0v) is 13.3. The molecule has 0 spiro atoms. The summed E-state index contributed by atoms with van der Waals surface area (Å²) in [4.78, 5) is 10.5. The highest BCUT2D eigenvalue weighted by Gasteiger charge is 2.03. The highest BCUT2D eigenvalue weighted by Crippen LogP contribution is 2.25. The van der Waals surface area contributed by atoms with Crippen LogP contribution in [-0.4, -0.2) is 20.5 Å². The smallest absolute Gasteiger partial charge is 0.145 e. The SMILES string of the molecule is COc1ccc(OC)c(C/C=C(\C)CC/C=C(\C)C=O)c1. The van der Waals surface area contributed by atoms with E-state index in [0.29, 0.717) is 0 Å². The summed E-state index contributed by atoms with van der Waals surface area (Å²) in [6.45, 7) is 3.93. The van der Waals surface area contributed by atoms with Gasteiger partial charge in [-0.05, 0) is 56.9 Å². The zero-order valence-electron chi connectivity index (χ0n) is 13.3. The number of methoxy groups -OCH3 is 2. The van der Waals surface area contributed by atoms with Crippen molar-refractivity contribution in [2.24, 2.45) is 0 Å². The molecule has 3 heteroatoms. The molecule has 0 aliphatic carbocycles. The van der Waals surface area contributed by atoms with Crippen molar-refractivity contribution in [3.63, 3.8) is 0 Å². The number of allylic oxidation sites excluding steroid dienone is 4. The molecule has 3 nitrogen and oxygen atoms in total. The van der Waals surface area contributed by atoms with Crippen LogP contribution in [0.2, 0.25) is 0 Å². The van der Waals surface area contributed by atoms with Crippen LogP contribution >= 0.6 is 0 Å². The average Bonchev–Trinajstić information content (AvgIpc) is 2.52. The molecule has 0 unspecified atom stereocenters. The number of hydrogen-bond acceptors (Lipinski definition) is 3. The normalized spacial score (nSPS) is 12.2. The second kappa shape index (κ2) is 9.01. The highest BCUT2D eigenvalue weighted by atomic mass is 16.5. The molecule has 0 aliphatic rings. The van der Waals surface area contributed by atoms with Gasteiger partial charge in [0.2, 0.25) is 0 Å². The molecule has 0 aliphatic heterocycles. The van der Waals surface area contributed by atoms with Gasteiger partial charge in [0.25, 0.3) is 0 Å². The van der Waals surface area contributed by atoms with E-state index in [2.05, 4.69) is 13.0 Å². The van der Waals surface area contributed by atoms with Gasteiger partial charge in [-0.3, -0.25) is 4.79 Å². The molecule has 0 heterocycles. The second-order valence-corrected chi connectivity index (χ2v) is 5.04. The van der Waals surface area contributed by atoms with Gasteiger partial charge in [-0.2, -0.15) is 0 Å². The first kappa shape index (κ1) is 17.0. The van der Waals surface area contributed by atoms with Gasteiger partial charge in [0.1, 0.15) is 17.8 Å². The van der Waals surface area contributed by atoms with E-state index in [1.807, 2.05) is 31.2 Å². The van der Waals surface area contributed by atoms with Crippen LogP contribution in [0.4, 0.5) is 0 Å². The molecule has 21 heavy (non-hydrogen) atoms. The maximum atomic E-state index is 10.5. The fourth-order valence-electron chi connectivity index (χ4n) is 2.00. The summed E-state index contributed by atoms with van der Waals surface area (Å²) in [5, 5.41) is 0. The fraction of sp³-hybridized carbons (Fsp3) is 0.389. The summed E-state index contributed by atoms with van der Waals surface area (Å²) < 4.78 is 10.6. The van der Waals surface area contributed by atoms with Crippen molar-refractivity contribution in [2.45, 2.75) is 33.1 Å². The molecule has 0 radical (unpaired) electrons. The maximum Gasteiger partial charge on any atom is 0.145 e. The number of aldehydes is 1. The van der Waals surface area contributed by atoms with E-state index >= 15 is 0 Å². The molecule has 0 aromatic heterocycles. The summed E-state index contributed by atoms with van der Waals surface area (Å²) in [6.07, 6.45) is 7.71. The van der Waals surface area contributed by atoms with Crippen molar-refractivity contribution >= 4 is 6.29 Å². The molecule has 1 aromatic carbocycles. The topological polar surface area (TPSA) is 35.5 Å². The van der Waals surface area contributed by atoms with E-state index in [0.717, 1.165) is 48.2 Å². The molecule has 0 atom stereocenters. The lowest BCUT2D eigenvalue weighted by molar-refractivity contribution is -0.104. The Labute approximate surface area is 127 Å². The third-order valence-corrected chi connectivity index (χ3v) is 3.35. The first-order chi connectivity index (χ1) is 10.1. The van der Waals surface area contributed by atoms with Crippen molar-refractivity contribution in [2.75, 3.05) is 14.2 Å². The standard InChI is InChI=1S/C18H24O3/c1-14(6-5-7-15(2)13-19)8-9-16-12-17(20-3)10-11-18(16)21-4/h7-8,10-13H,5-6,9H2,1-4H3/b14-8+,15-7+. The molecular weight excluding hydrogens is 264 g/mol. The van der Waals surface area contributed by atoms with Crippen molar-refractivity contribution in [3.05, 3.63) is 47.1 Å². The summed E-state index contributed by atoms with van der Waals surface area (Å²) in [5.74, 6) is 1.71. The quantitative estimate of drug-likeness (QED) is 0.410. The van der Waals surface area contributed by atoms with Crippen LogP contribution in [0.3, 0.4) is 0 Å². The zero-order chi connectivity index (χ0) is 15.7. The number of rotatable bonds is 8. The summed E-state index contributed by atoms with van der Waals surface area (Å²) in [5.41, 5.74) is 3.20. The van der Waals surface area contributed by atoms with Crippen LogP contribution < -0.4 is 9.47 Å². The van der Waals surface area contributed by atoms with Gasteiger partial charge in [-0.25, -0.2) is 0 Å². The monoisotopic (exact) mass is 288 g/mol. The molecule has 0 fully saturated rings. The molecule has 1 rings (SSSR count). The van der Waals surface area contributed by atoms with E-state index in [-0.39, 0.29) is 0 Å². The minimum atomic E-state index is 0.789. The lowest BCUT2D eigenvalue weighted by Crippen LogP contribution is -1.93. The van der Waals surface area contributed by atoms with Crippen molar-refractivity contribution in [1.82, 2.24) is 0 Å². The third kappa shape index (κ3) is 5.86. The van der Waals surface area contributed by atoms with Crippen LogP contribution in [0.15, 0.2) is 41.5 Å². The molecule has 0 amide bonds. The lowest BCUT2D eigenvalue weighted by atomic mass is 10.1. The Hall–Kier alpha value is -2.03. The number of benzene rings is 1. The van der Waals surface area contributed by atoms with Crippen molar-refractivity contribution in [1.29, 1.82) is 0 Å². The van der Waals surface area contributed by atoms with E-state index in [9.17, 15) is 4.79 Å². The van der Waals surface area contributed by atoms with Gasteiger partial charge in [-0.1, -0.05) is 17.7 Å². The minimum absolute atomic E-state index is 0.789. The largest absolute Gasteiger partial charge is 0.497 e. The second-order valence-electron chi connectivity index (χ2n) is 5.04. The lowest BCUT2D eigenvalue weighted by Gasteiger charge is -2.09. The third-order valence-electron chi connectivity index (χ3n) is 3.35. The van der Waals surface area contributed by atoms with Gasteiger partial charge in [0.15, 0.2) is 0 Å². The first-order valence-corrected chi connectivity index (χ1v) is 7.09. The van der Waals surface area contributed by atoms with E-state index in [4.69, 9.17) is 9.47 Å². The molecule has 0 bridgehead atoms. The van der Waals surface area contributed by atoms with E-state index < -0.39 is 0 Å². The minimum Gasteiger partial charge on any atom is -0.497 e. The number of carbonyl (C=O) groups excluding carboxylic acids is 1. The fourth-order valence-corrected chi connectivity index (χ4v) is 2.00. The first-order valence-electron chi connectivity index (χ1n) is 7.09. The van der Waals surface area contributed by atoms with Gasteiger partial charge in [-0.15, -0.1) is 0 Å². The molecule has 0 saturated heterocycles. The van der Waals surface area contributed by atoms with Gasteiger partial charge in [0.05, 0.1) is 14.2 Å². The van der Waals surface area contributed by atoms with Gasteiger partial charge in [0, 0.05) is 5.56 Å². The van der Waals surface area contributed by atoms with Crippen LogP contribution in [0.5, 0.6) is 11.5 Å². The number of ether oxygens (including phenoxy) is 2. The van der Waals surface area contributed by atoms with Crippen molar-refractivity contribution < 1.29 is 14.3 Å². The maximum absolute atomic E-state index is 10.5. The molecule has 1 aromatic rings. The Bertz CT molecular complexity index is 527. The highest BCUT2D eigenvalue weighted by molar-refractivity contribution is 5.71. The van der Waals surface area contributed by atoms with Crippen LogP contribution in [0.1, 0.15) is 32.3 Å². The predicted molar refractivity (Wildman–Crippen MR) is 86.1 cm³/mol. The average molecular weight is 288 g/mol. The predicted octanol–water partition coefficient (Wildman–Crippen LogP) is 4.12. The number of carbonyl (C=O) groups is 1. The summed E-state index contributed by atoms with van der Waals surface area (Å²) in [7, 11) is 3.34. The van der Waals surface area contributed by atoms with Crippen LogP contribution in [0, 0.1) is 0 Å². The molecule has 0 saturated carbocycles. The number of hydrogen-bond donors (Lipinski definition) is 0. The Kier molecular flexibility index (Phi) is 7.30. The summed E-state index contributed by atoms with van der Waals surface area (Å²) in [6, 6.07) is 5.82. The Morgan fingerprint density at radius 2 is 1.90 bits per heavy atom. The van der Waals surface area contributed by atoms with Crippen LogP contribution in [0.25, 0.3) is 0 Å².